The minimum atomic E-state index is -0.354. The molecule has 3 aliphatic carbocycles. The zero-order valence-electron chi connectivity index (χ0n) is 26.1. The summed E-state index contributed by atoms with van der Waals surface area (Å²) in [5, 5.41) is 7.57. The van der Waals surface area contributed by atoms with E-state index in [1.807, 2.05) is 6.07 Å². The summed E-state index contributed by atoms with van der Waals surface area (Å²) in [4.78, 5) is 30.2. The molecule has 1 saturated heterocycles. The third-order valence-electron chi connectivity index (χ3n) is 10.3. The largest absolute Gasteiger partial charge is 0.497 e. The minimum absolute atomic E-state index is 0.200. The zero-order valence-corrected chi connectivity index (χ0v) is 26.1. The summed E-state index contributed by atoms with van der Waals surface area (Å²) in [6.45, 7) is 13.6. The molecule has 0 spiro atoms. The average Bonchev–Trinajstić information content (AvgIpc) is 2.97. The number of aryl methyl sites for hydroxylation is 2. The van der Waals surface area contributed by atoms with Crippen LogP contribution in [0.15, 0.2) is 46.4 Å². The number of pyridine rings is 1. The molecule has 230 valence electrons. The van der Waals surface area contributed by atoms with Crippen LogP contribution >= 0.6 is 0 Å². The van der Waals surface area contributed by atoms with Gasteiger partial charge in [-0.25, -0.2) is 19.4 Å². The molecule has 3 saturated carbocycles. The number of hydrogen-bond acceptors (Lipinski definition) is 6. The number of aromatic nitrogens is 3. The van der Waals surface area contributed by atoms with Gasteiger partial charge in [0, 0.05) is 37.8 Å². The van der Waals surface area contributed by atoms with Crippen LogP contribution in [0.25, 0.3) is 11.0 Å². The molecule has 9 nitrogen and oxygen atoms in total. The fourth-order valence-electron chi connectivity index (χ4n) is 7.63. The molecular formula is C33H44FN7O2. The number of nitrogens with one attached hydrogen (secondary N) is 2. The highest BCUT2D eigenvalue weighted by atomic mass is 19.1. The third-order valence-corrected chi connectivity index (χ3v) is 10.3. The Bertz CT molecular complexity index is 1580. The van der Waals surface area contributed by atoms with Gasteiger partial charge in [-0.3, -0.25) is 9.36 Å². The number of ether oxygens (including phenoxy) is 1. The number of nitrogens with zero attached hydrogens (tertiary/aromatic N) is 5. The summed E-state index contributed by atoms with van der Waals surface area (Å²) in [6, 6.07) is 9.29. The van der Waals surface area contributed by atoms with Crippen molar-refractivity contribution in [1.82, 2.24) is 24.8 Å². The molecule has 10 heteroatoms. The Morgan fingerprint density at radius 2 is 1.93 bits per heavy atom. The number of rotatable bonds is 6. The summed E-state index contributed by atoms with van der Waals surface area (Å²) in [7, 11) is 1.50. The zero-order chi connectivity index (χ0) is 30.5. The number of anilines is 1. The van der Waals surface area contributed by atoms with Crippen molar-refractivity contribution in [2.24, 2.45) is 28.2 Å². The lowest BCUT2D eigenvalue weighted by Gasteiger charge is -2.61. The molecule has 7 rings (SSSR count). The topological polar surface area (TPSA) is 96.7 Å². The molecule has 6 atom stereocenters. The van der Waals surface area contributed by atoms with Gasteiger partial charge in [-0.2, -0.15) is 0 Å². The van der Waals surface area contributed by atoms with Gasteiger partial charge in [0.2, 0.25) is 0 Å². The quantitative estimate of drug-likeness (QED) is 0.318. The maximum absolute atomic E-state index is 14.4. The molecule has 4 aliphatic rings. The van der Waals surface area contributed by atoms with Crippen molar-refractivity contribution in [3.05, 3.63) is 58.4 Å². The first-order valence-electron chi connectivity index (χ1n) is 15.6. The number of guanidine groups is 1. The lowest BCUT2D eigenvalue weighted by molar-refractivity contribution is -0.108. The normalized spacial score (nSPS) is 28.4. The van der Waals surface area contributed by atoms with E-state index in [0.29, 0.717) is 70.5 Å². The summed E-state index contributed by atoms with van der Waals surface area (Å²) in [6.07, 6.45) is 4.28. The summed E-state index contributed by atoms with van der Waals surface area (Å²) in [5.41, 5.74) is 1.09. The fourth-order valence-corrected chi connectivity index (χ4v) is 7.63. The maximum atomic E-state index is 14.4. The Balaban J connectivity index is 1.23. The molecule has 3 aromatic rings. The second kappa shape index (κ2) is 11.5. The van der Waals surface area contributed by atoms with Crippen LogP contribution in [-0.4, -0.2) is 63.7 Å². The van der Waals surface area contributed by atoms with Crippen LogP contribution in [0, 0.1) is 29.0 Å². The highest BCUT2D eigenvalue weighted by Crippen LogP contribution is 2.61. The molecular weight excluding hydrogens is 545 g/mol. The molecule has 4 fully saturated rings. The van der Waals surface area contributed by atoms with Gasteiger partial charge in [0.05, 0.1) is 24.9 Å². The predicted molar refractivity (Wildman–Crippen MR) is 168 cm³/mol. The maximum Gasteiger partial charge on any atom is 0.262 e. The summed E-state index contributed by atoms with van der Waals surface area (Å²) < 4.78 is 21.0. The van der Waals surface area contributed by atoms with Gasteiger partial charge in [-0.1, -0.05) is 26.8 Å². The molecule has 2 bridgehead atoms. The van der Waals surface area contributed by atoms with E-state index in [1.165, 1.54) is 30.5 Å². The van der Waals surface area contributed by atoms with Crippen molar-refractivity contribution >= 4 is 22.8 Å². The van der Waals surface area contributed by atoms with Crippen molar-refractivity contribution in [2.45, 2.75) is 78.6 Å². The molecule has 1 aliphatic heterocycles. The molecule has 1 aromatic carbocycles. The molecule has 0 amide bonds. The number of piperazine rings is 1. The van der Waals surface area contributed by atoms with E-state index in [9.17, 15) is 9.18 Å². The van der Waals surface area contributed by atoms with Crippen LogP contribution in [0.2, 0.25) is 0 Å². The van der Waals surface area contributed by atoms with Gasteiger partial charge < -0.3 is 20.3 Å². The van der Waals surface area contributed by atoms with E-state index in [1.54, 1.807) is 18.2 Å². The van der Waals surface area contributed by atoms with E-state index in [2.05, 4.69) is 55.1 Å². The highest BCUT2D eigenvalue weighted by molar-refractivity contribution is 5.94. The number of hydrogen-bond donors (Lipinski definition) is 2. The van der Waals surface area contributed by atoms with Crippen molar-refractivity contribution in [3.63, 3.8) is 0 Å². The van der Waals surface area contributed by atoms with Crippen molar-refractivity contribution in [1.29, 1.82) is 0 Å². The van der Waals surface area contributed by atoms with Crippen molar-refractivity contribution in [2.75, 3.05) is 25.5 Å². The van der Waals surface area contributed by atoms with Crippen LogP contribution in [0.5, 0.6) is 5.75 Å². The molecule has 3 heterocycles. The number of fused-ring (bicyclic) bond motifs is 3. The van der Waals surface area contributed by atoms with Gasteiger partial charge in [-0.15, -0.1) is 0 Å². The highest BCUT2D eigenvalue weighted by Gasteiger charge is 2.56. The number of methoxy groups -OCH3 is 1. The Labute approximate surface area is 253 Å². The van der Waals surface area contributed by atoms with Crippen molar-refractivity contribution < 1.29 is 9.13 Å². The Hall–Kier alpha value is -3.53. The van der Waals surface area contributed by atoms with Crippen LogP contribution in [0.1, 0.15) is 53.0 Å². The summed E-state index contributed by atoms with van der Waals surface area (Å²) >= 11 is 0. The first-order valence-corrected chi connectivity index (χ1v) is 15.6. The molecule has 2 N–H and O–H groups in total. The number of aliphatic imine (C=N–C) groups is 1. The van der Waals surface area contributed by atoms with Gasteiger partial charge >= 0.3 is 0 Å². The Morgan fingerprint density at radius 3 is 2.60 bits per heavy atom. The molecule has 43 heavy (non-hydrogen) atoms. The predicted octanol–water partition coefficient (Wildman–Crippen LogP) is 4.70. The third kappa shape index (κ3) is 5.73. The van der Waals surface area contributed by atoms with E-state index in [-0.39, 0.29) is 17.4 Å². The molecule has 2 aromatic heterocycles. The molecule has 0 radical (unpaired) electrons. The second-order valence-corrected chi connectivity index (χ2v) is 13.5. The number of halogens is 1. The fraction of sp³-hybridized carbons (Fsp3) is 0.576. The first-order chi connectivity index (χ1) is 20.5. The Kier molecular flexibility index (Phi) is 7.91. The van der Waals surface area contributed by atoms with Crippen LogP contribution in [0.4, 0.5) is 10.2 Å². The van der Waals surface area contributed by atoms with E-state index in [4.69, 9.17) is 14.7 Å². The van der Waals surface area contributed by atoms with E-state index in [0.717, 1.165) is 31.4 Å². The standard InChI is InChI=1S/C33H44FN7O2/c1-19-16-41(17-20(2)36-19)32(37-28-14-23-13-26(21(28)3)33(23,4)5)39-29-10-9-25-30(38-29)35-18-40(31(25)42)12-11-22-7-8-24(43-6)15-27(22)34/h7-10,15,18-21,23,26,28,36H,11-14,16-17H2,1-6H3,(H,37,38,39)/t19-,20+,21-,23+,26-,28?/m0/s1. The lowest BCUT2D eigenvalue weighted by Crippen LogP contribution is -2.59. The van der Waals surface area contributed by atoms with Crippen molar-refractivity contribution in [3.8, 4) is 5.75 Å². The minimum Gasteiger partial charge on any atom is -0.497 e. The smallest absolute Gasteiger partial charge is 0.262 e. The van der Waals surface area contributed by atoms with E-state index < -0.39 is 0 Å². The summed E-state index contributed by atoms with van der Waals surface area (Å²) in [5.74, 6) is 3.51. The van der Waals surface area contributed by atoms with Crippen LogP contribution in [0.3, 0.4) is 0 Å². The monoisotopic (exact) mass is 589 g/mol. The van der Waals surface area contributed by atoms with E-state index >= 15 is 0 Å². The Morgan fingerprint density at radius 1 is 1.16 bits per heavy atom. The van der Waals surface area contributed by atoms with Crippen LogP contribution < -0.4 is 20.9 Å². The lowest BCUT2D eigenvalue weighted by atomic mass is 9.45. The van der Waals surface area contributed by atoms with Gasteiger partial charge in [0.1, 0.15) is 17.4 Å². The van der Waals surface area contributed by atoms with Gasteiger partial charge in [-0.05, 0) is 80.0 Å². The second-order valence-electron chi connectivity index (χ2n) is 13.5. The first kappa shape index (κ1) is 29.5. The van der Waals surface area contributed by atoms with Gasteiger partial charge in [0.15, 0.2) is 11.6 Å². The van der Waals surface area contributed by atoms with Crippen LogP contribution in [-0.2, 0) is 13.0 Å². The SMILES string of the molecule is COc1ccc(CCn2cnc3nc(NC(=NC4C[C@H]5C[C@@H]([C@@H]4C)C5(C)C)N4C[C@@H](C)N[C@@H](C)C4)ccc3c2=O)c(F)c1. The molecule has 1 unspecified atom stereocenters. The van der Waals surface area contributed by atoms with Gasteiger partial charge in [0.25, 0.3) is 5.56 Å². The number of benzene rings is 1. The average molecular weight is 590 g/mol.